The Bertz CT molecular complexity index is 1340. The van der Waals surface area contributed by atoms with E-state index in [4.69, 9.17) is 4.74 Å². The molecule has 0 atom stereocenters. The molecule has 4 rings (SSSR count). The highest BCUT2D eigenvalue weighted by atomic mass is 32.2. The summed E-state index contributed by atoms with van der Waals surface area (Å²) in [4.78, 5) is 30.3. The number of nitrogens with zero attached hydrogens (tertiary/aromatic N) is 2. The van der Waals surface area contributed by atoms with Crippen LogP contribution in [-0.2, 0) is 20.5 Å². The highest BCUT2D eigenvalue weighted by molar-refractivity contribution is 8.13. The molecule has 8 heteroatoms. The number of pyridine rings is 1. The summed E-state index contributed by atoms with van der Waals surface area (Å²) in [5, 5.41) is 0. The van der Waals surface area contributed by atoms with Gasteiger partial charge in [0.05, 0.1) is 11.9 Å². The van der Waals surface area contributed by atoms with Crippen LogP contribution in [-0.4, -0.2) is 30.5 Å². The molecule has 3 heterocycles. The fourth-order valence-electron chi connectivity index (χ4n) is 3.46. The van der Waals surface area contributed by atoms with Gasteiger partial charge in [-0.2, -0.15) is 0 Å². The van der Waals surface area contributed by atoms with E-state index in [9.17, 15) is 13.8 Å². The molecule has 0 spiro atoms. The number of thiol groups is 1. The molecular formula is C22H21N3O4S. The Morgan fingerprint density at radius 2 is 2.10 bits per heavy atom. The van der Waals surface area contributed by atoms with Gasteiger partial charge in [0.1, 0.15) is 17.0 Å². The first-order chi connectivity index (χ1) is 14.4. The lowest BCUT2D eigenvalue weighted by Gasteiger charge is -2.15. The van der Waals surface area contributed by atoms with E-state index in [1.807, 2.05) is 19.1 Å². The third kappa shape index (κ3) is 3.81. The molecular weight excluding hydrogens is 402 g/mol. The number of hydrogen-bond acceptors (Lipinski definition) is 5. The lowest BCUT2D eigenvalue weighted by molar-refractivity contribution is 0.481. The van der Waals surface area contributed by atoms with Crippen LogP contribution in [0.1, 0.15) is 11.1 Å². The van der Waals surface area contributed by atoms with Crippen molar-refractivity contribution in [2.75, 3.05) is 6.26 Å². The van der Waals surface area contributed by atoms with Gasteiger partial charge in [-0.25, -0.2) is 0 Å². The maximum atomic E-state index is 12.4. The van der Waals surface area contributed by atoms with Gasteiger partial charge in [-0.1, -0.05) is 16.0 Å². The highest BCUT2D eigenvalue weighted by Gasteiger charge is 2.17. The van der Waals surface area contributed by atoms with Gasteiger partial charge in [-0.05, 0) is 54.6 Å². The Balaban J connectivity index is 1.91. The van der Waals surface area contributed by atoms with Crippen LogP contribution in [0.2, 0.25) is 0 Å². The van der Waals surface area contributed by atoms with Crippen LogP contribution < -0.4 is 10.3 Å². The standard InChI is InChI=1S/C22H21N3O4S/c1-15-10-19(25-9-8-24-22(27)21(15)25)18-11-16(13-30(2,28)14-26)5-6-20(18)29-17-4-3-7-23-12-17/h3-12,14,30H,13H2,1-2H3,(H,24,27). The van der Waals surface area contributed by atoms with E-state index in [0.717, 1.165) is 22.4 Å². The monoisotopic (exact) mass is 423 g/mol. The van der Waals surface area contributed by atoms with E-state index in [-0.39, 0.29) is 11.3 Å². The minimum absolute atomic E-state index is 0.152. The molecule has 1 N–H and O–H groups in total. The molecule has 0 aliphatic heterocycles. The summed E-state index contributed by atoms with van der Waals surface area (Å²) in [6, 6.07) is 10.9. The quantitative estimate of drug-likeness (QED) is 0.367. The zero-order valence-electron chi connectivity index (χ0n) is 16.5. The van der Waals surface area contributed by atoms with E-state index < -0.39 is 9.93 Å². The molecule has 4 aromatic rings. The number of carbonyl (C=O) groups is 1. The van der Waals surface area contributed by atoms with Crippen LogP contribution in [0.3, 0.4) is 0 Å². The number of carbonyl (C=O) groups excluding carboxylic acids is 1. The van der Waals surface area contributed by atoms with E-state index in [2.05, 4.69) is 9.97 Å². The van der Waals surface area contributed by atoms with Crippen LogP contribution in [0.25, 0.3) is 16.8 Å². The molecule has 7 nitrogen and oxygen atoms in total. The Kier molecular flexibility index (Phi) is 5.09. The zero-order valence-corrected chi connectivity index (χ0v) is 17.4. The van der Waals surface area contributed by atoms with Crippen molar-refractivity contribution in [2.24, 2.45) is 0 Å². The van der Waals surface area contributed by atoms with Gasteiger partial charge in [0.15, 0.2) is 5.62 Å². The number of benzene rings is 1. The Morgan fingerprint density at radius 3 is 2.83 bits per heavy atom. The SMILES string of the molecule is Cc1cc(-c2cc(C[SH](C)(=O)C=O)ccc2Oc2cccnc2)n2cc[nH]c(=O)c12. The van der Waals surface area contributed by atoms with Gasteiger partial charge in [0.2, 0.25) is 0 Å². The molecule has 154 valence electrons. The van der Waals surface area contributed by atoms with E-state index in [0.29, 0.717) is 22.6 Å². The van der Waals surface area contributed by atoms with Crippen molar-refractivity contribution in [2.45, 2.75) is 12.7 Å². The summed E-state index contributed by atoms with van der Waals surface area (Å²) in [5.74, 6) is 1.28. The fraction of sp³-hybridized carbons (Fsp3) is 0.136. The smallest absolute Gasteiger partial charge is 0.272 e. The van der Waals surface area contributed by atoms with E-state index >= 15 is 0 Å². The van der Waals surface area contributed by atoms with Crippen molar-refractivity contribution in [3.8, 4) is 22.8 Å². The highest BCUT2D eigenvalue weighted by Crippen LogP contribution is 2.36. The summed E-state index contributed by atoms with van der Waals surface area (Å²) in [5.41, 5.74) is 3.92. The van der Waals surface area contributed by atoms with E-state index in [1.165, 1.54) is 6.26 Å². The summed E-state index contributed by atoms with van der Waals surface area (Å²) in [6.45, 7) is 1.87. The Hall–Kier alpha value is -3.52. The topological polar surface area (TPSA) is 93.5 Å². The maximum Gasteiger partial charge on any atom is 0.272 e. The molecule has 0 radical (unpaired) electrons. The lowest BCUT2D eigenvalue weighted by atomic mass is 10.1. The number of nitrogens with one attached hydrogen (secondary N) is 1. The summed E-state index contributed by atoms with van der Waals surface area (Å²) >= 11 is 0. The number of aromatic nitrogens is 3. The van der Waals surface area contributed by atoms with Crippen LogP contribution in [0, 0.1) is 6.92 Å². The number of hydrogen-bond donors (Lipinski definition) is 2. The molecule has 0 unspecified atom stereocenters. The average molecular weight is 423 g/mol. The van der Waals surface area contributed by atoms with Gasteiger partial charge in [0, 0.05) is 29.9 Å². The number of H-pyrrole nitrogens is 1. The fourth-order valence-corrected chi connectivity index (χ4v) is 4.46. The second kappa shape index (κ2) is 7.72. The van der Waals surface area contributed by atoms with Crippen LogP contribution in [0.15, 0.2) is 66.0 Å². The second-order valence-electron chi connectivity index (χ2n) is 7.28. The van der Waals surface area contributed by atoms with Crippen molar-refractivity contribution in [3.05, 3.63) is 82.7 Å². The second-order valence-corrected chi connectivity index (χ2v) is 10.2. The van der Waals surface area contributed by atoms with Gasteiger partial charge < -0.3 is 14.1 Å². The van der Waals surface area contributed by atoms with Crippen LogP contribution in [0.4, 0.5) is 0 Å². The van der Waals surface area contributed by atoms with Gasteiger partial charge in [-0.15, -0.1) is 0 Å². The largest absolute Gasteiger partial charge is 0.455 e. The third-order valence-electron chi connectivity index (χ3n) is 4.78. The number of rotatable bonds is 6. The van der Waals surface area contributed by atoms with Crippen molar-refractivity contribution in [1.82, 2.24) is 14.4 Å². The summed E-state index contributed by atoms with van der Waals surface area (Å²) in [7, 11) is -2.93. The molecule has 0 aliphatic carbocycles. The zero-order chi connectivity index (χ0) is 21.3. The lowest BCUT2D eigenvalue weighted by Crippen LogP contribution is -2.13. The van der Waals surface area contributed by atoms with Crippen molar-refractivity contribution in [3.63, 3.8) is 0 Å². The molecule has 0 saturated carbocycles. The predicted octanol–water partition coefficient (Wildman–Crippen LogP) is 3.13. The minimum atomic E-state index is -2.93. The minimum Gasteiger partial charge on any atom is -0.455 e. The van der Waals surface area contributed by atoms with Crippen molar-refractivity contribution in [1.29, 1.82) is 0 Å². The molecule has 0 saturated heterocycles. The maximum absolute atomic E-state index is 12.4. The van der Waals surface area contributed by atoms with Crippen molar-refractivity contribution >= 4 is 21.1 Å². The number of aryl methyl sites for hydroxylation is 1. The molecule has 0 fully saturated rings. The van der Waals surface area contributed by atoms with Crippen LogP contribution in [0.5, 0.6) is 11.5 Å². The molecule has 30 heavy (non-hydrogen) atoms. The molecule has 0 aliphatic rings. The third-order valence-corrected chi connectivity index (χ3v) is 6.22. The van der Waals surface area contributed by atoms with Gasteiger partial charge in [-0.3, -0.25) is 18.8 Å². The van der Waals surface area contributed by atoms with E-state index in [1.54, 1.807) is 53.5 Å². The Morgan fingerprint density at radius 1 is 1.27 bits per heavy atom. The average Bonchev–Trinajstić information content (AvgIpc) is 3.07. The summed E-state index contributed by atoms with van der Waals surface area (Å²) < 4.78 is 20.2. The number of ether oxygens (including phenoxy) is 1. The molecule has 0 bridgehead atoms. The normalized spacial score (nSPS) is 12.1. The first kappa shape index (κ1) is 19.8. The van der Waals surface area contributed by atoms with Crippen LogP contribution >= 0.6 is 0 Å². The molecule has 0 amide bonds. The number of aromatic amines is 1. The first-order valence-corrected chi connectivity index (χ1v) is 11.7. The number of fused-ring (bicyclic) bond motifs is 1. The molecule has 1 aromatic carbocycles. The van der Waals surface area contributed by atoms with Crippen molar-refractivity contribution < 1.29 is 13.7 Å². The predicted molar refractivity (Wildman–Crippen MR) is 118 cm³/mol. The Labute approximate surface area is 173 Å². The molecule has 3 aromatic heterocycles. The summed E-state index contributed by atoms with van der Waals surface area (Å²) in [6.07, 6.45) is 8.09. The first-order valence-electron chi connectivity index (χ1n) is 9.31. The van der Waals surface area contributed by atoms with Gasteiger partial charge in [0.25, 0.3) is 5.56 Å². The van der Waals surface area contributed by atoms with Gasteiger partial charge >= 0.3 is 0 Å².